The van der Waals surface area contributed by atoms with Crippen molar-refractivity contribution in [2.45, 2.75) is 51.6 Å². The van der Waals surface area contributed by atoms with Crippen LogP contribution >= 0.6 is 0 Å². The summed E-state index contributed by atoms with van der Waals surface area (Å²) in [4.78, 5) is 25.0. The van der Waals surface area contributed by atoms with Crippen molar-refractivity contribution in [2.24, 2.45) is 0 Å². The van der Waals surface area contributed by atoms with E-state index in [9.17, 15) is 4.79 Å². The van der Waals surface area contributed by atoms with Gasteiger partial charge >= 0.3 is 6.09 Å². The molecule has 1 N–H and O–H groups in total. The third kappa shape index (κ3) is 4.13. The number of cyclic esters (lactones) is 1. The maximum atomic E-state index is 12.1. The molecule has 2 saturated heterocycles. The molecular weight excluding hydrogens is 366 g/mol. The highest BCUT2D eigenvalue weighted by Gasteiger charge is 2.41. The molecule has 2 fully saturated rings. The number of carbonyl (C=O) groups excluding carboxylic acids is 1. The van der Waals surface area contributed by atoms with E-state index in [1.54, 1.807) is 17.2 Å². The van der Waals surface area contributed by atoms with Gasteiger partial charge in [-0.2, -0.15) is 4.98 Å². The second-order valence-corrected chi connectivity index (χ2v) is 8.45. The summed E-state index contributed by atoms with van der Waals surface area (Å²) >= 11 is 0. The van der Waals surface area contributed by atoms with E-state index in [1.807, 2.05) is 13.8 Å². The Kier molecular flexibility index (Phi) is 5.30. The standard InChI is InChI=1S/C22H29N5O2/c1-16(17-7-9-18(10-8-17)26-13-5-4-6-14-26)24-20-23-12-11-19(25-20)27-21(28)29-15-22(27,2)3/h7-12,16H,4-6,13-15H2,1-3H3,(H,23,24,25)/t16-/m1/s1. The van der Waals surface area contributed by atoms with Crippen molar-refractivity contribution >= 4 is 23.5 Å². The minimum absolute atomic E-state index is 0.0409. The molecule has 0 unspecified atom stereocenters. The molecule has 1 atom stereocenters. The van der Waals surface area contributed by atoms with Crippen molar-refractivity contribution in [2.75, 3.05) is 34.8 Å². The van der Waals surface area contributed by atoms with Crippen LogP contribution in [0.15, 0.2) is 36.5 Å². The van der Waals surface area contributed by atoms with Gasteiger partial charge in [-0.1, -0.05) is 12.1 Å². The molecule has 1 amide bonds. The molecule has 0 saturated carbocycles. The number of aromatic nitrogens is 2. The first-order chi connectivity index (χ1) is 13.9. The third-order valence-corrected chi connectivity index (χ3v) is 5.67. The Morgan fingerprint density at radius 2 is 1.83 bits per heavy atom. The smallest absolute Gasteiger partial charge is 0.416 e. The van der Waals surface area contributed by atoms with Gasteiger partial charge in [0.2, 0.25) is 5.95 Å². The summed E-state index contributed by atoms with van der Waals surface area (Å²) in [6.07, 6.45) is 5.17. The van der Waals surface area contributed by atoms with Crippen LogP contribution in [0.1, 0.15) is 51.6 Å². The van der Waals surface area contributed by atoms with Crippen molar-refractivity contribution in [3.8, 4) is 0 Å². The zero-order valence-electron chi connectivity index (χ0n) is 17.4. The predicted molar refractivity (Wildman–Crippen MR) is 114 cm³/mol. The second kappa shape index (κ2) is 7.89. The van der Waals surface area contributed by atoms with Crippen molar-refractivity contribution in [3.63, 3.8) is 0 Å². The van der Waals surface area contributed by atoms with Crippen molar-refractivity contribution < 1.29 is 9.53 Å². The molecule has 7 nitrogen and oxygen atoms in total. The van der Waals surface area contributed by atoms with Crippen LogP contribution in [0.3, 0.4) is 0 Å². The zero-order chi connectivity index (χ0) is 20.4. The monoisotopic (exact) mass is 395 g/mol. The summed E-state index contributed by atoms with van der Waals surface area (Å²) in [5.41, 5.74) is 2.02. The molecule has 1 aromatic heterocycles. The summed E-state index contributed by atoms with van der Waals surface area (Å²) in [5, 5.41) is 3.35. The lowest BCUT2D eigenvalue weighted by atomic mass is 10.1. The molecule has 2 aliphatic rings. The minimum Gasteiger partial charge on any atom is -0.447 e. The first-order valence-corrected chi connectivity index (χ1v) is 10.4. The number of ether oxygens (including phenoxy) is 1. The normalized spacial score (nSPS) is 19.8. The van der Waals surface area contributed by atoms with Gasteiger partial charge in [-0.25, -0.2) is 9.78 Å². The second-order valence-electron chi connectivity index (χ2n) is 8.45. The van der Waals surface area contributed by atoms with Gasteiger partial charge < -0.3 is 15.0 Å². The Bertz CT molecular complexity index is 862. The van der Waals surface area contributed by atoms with Gasteiger partial charge in [0.05, 0.1) is 11.6 Å². The lowest BCUT2D eigenvalue weighted by molar-refractivity contribution is 0.175. The first-order valence-electron chi connectivity index (χ1n) is 10.4. The number of anilines is 3. The molecule has 2 aromatic rings. The van der Waals surface area contributed by atoms with E-state index < -0.39 is 5.54 Å². The number of amides is 1. The molecule has 4 rings (SSSR count). The Balaban J connectivity index is 1.46. The predicted octanol–water partition coefficient (Wildman–Crippen LogP) is 4.38. The molecule has 1 aromatic carbocycles. The van der Waals surface area contributed by atoms with Crippen LogP contribution in [0.2, 0.25) is 0 Å². The van der Waals surface area contributed by atoms with Crippen molar-refractivity contribution in [1.29, 1.82) is 0 Å². The first kappa shape index (κ1) is 19.5. The van der Waals surface area contributed by atoms with Gasteiger partial charge in [0.1, 0.15) is 12.4 Å². The van der Waals surface area contributed by atoms with E-state index in [4.69, 9.17) is 4.74 Å². The Labute approximate surface area is 172 Å². The van der Waals surface area contributed by atoms with E-state index in [0.29, 0.717) is 18.4 Å². The number of nitrogens with one attached hydrogen (secondary N) is 1. The van der Waals surface area contributed by atoms with Crippen LogP contribution in [0.5, 0.6) is 0 Å². The number of hydrogen-bond donors (Lipinski definition) is 1. The molecule has 7 heteroatoms. The largest absolute Gasteiger partial charge is 0.447 e. The van der Waals surface area contributed by atoms with Crippen LogP contribution in [0.25, 0.3) is 0 Å². The SMILES string of the molecule is C[C@@H](Nc1nccc(N2C(=O)OCC2(C)C)n1)c1ccc(N2CCCCC2)cc1. The van der Waals surface area contributed by atoms with E-state index in [0.717, 1.165) is 13.1 Å². The molecule has 29 heavy (non-hydrogen) atoms. The molecule has 3 heterocycles. The van der Waals surface area contributed by atoms with Crippen LogP contribution < -0.4 is 15.1 Å². The van der Waals surface area contributed by atoms with Gasteiger partial charge in [-0.05, 0) is 63.8 Å². The van der Waals surface area contributed by atoms with Gasteiger partial charge in [0, 0.05) is 25.0 Å². The van der Waals surface area contributed by atoms with Crippen molar-refractivity contribution in [1.82, 2.24) is 9.97 Å². The van der Waals surface area contributed by atoms with E-state index >= 15 is 0 Å². The number of hydrogen-bond acceptors (Lipinski definition) is 6. The van der Waals surface area contributed by atoms with Gasteiger partial charge in [-0.15, -0.1) is 0 Å². The molecule has 0 aliphatic carbocycles. The van der Waals surface area contributed by atoms with Crippen molar-refractivity contribution in [3.05, 3.63) is 42.1 Å². The fourth-order valence-electron chi connectivity index (χ4n) is 3.96. The lowest BCUT2D eigenvalue weighted by Crippen LogP contribution is -2.42. The Morgan fingerprint density at radius 1 is 1.10 bits per heavy atom. The van der Waals surface area contributed by atoms with Gasteiger partial charge in [0.25, 0.3) is 0 Å². The van der Waals surface area contributed by atoms with Gasteiger partial charge in [-0.3, -0.25) is 4.90 Å². The van der Waals surface area contributed by atoms with Crippen LogP contribution in [-0.4, -0.2) is 41.3 Å². The van der Waals surface area contributed by atoms with Gasteiger partial charge in [0.15, 0.2) is 0 Å². The minimum atomic E-state index is -0.432. The number of piperidine rings is 1. The highest BCUT2D eigenvalue weighted by Crippen LogP contribution is 2.30. The quantitative estimate of drug-likeness (QED) is 0.810. The van der Waals surface area contributed by atoms with Crippen LogP contribution in [0, 0.1) is 0 Å². The number of rotatable bonds is 5. The fourth-order valence-corrected chi connectivity index (χ4v) is 3.96. The van der Waals surface area contributed by atoms with E-state index in [1.165, 1.54) is 30.5 Å². The Hall–Kier alpha value is -2.83. The topological polar surface area (TPSA) is 70.6 Å². The summed E-state index contributed by atoms with van der Waals surface area (Å²) in [7, 11) is 0. The highest BCUT2D eigenvalue weighted by atomic mass is 16.6. The molecular formula is C22H29N5O2. The Morgan fingerprint density at radius 3 is 2.48 bits per heavy atom. The number of nitrogens with zero attached hydrogens (tertiary/aromatic N) is 4. The molecule has 0 radical (unpaired) electrons. The zero-order valence-corrected chi connectivity index (χ0v) is 17.4. The van der Waals surface area contributed by atoms with Crippen LogP contribution in [0.4, 0.5) is 22.2 Å². The maximum absolute atomic E-state index is 12.1. The number of benzene rings is 1. The third-order valence-electron chi connectivity index (χ3n) is 5.67. The highest BCUT2D eigenvalue weighted by molar-refractivity contribution is 5.90. The summed E-state index contributed by atoms with van der Waals surface area (Å²) in [6, 6.07) is 10.5. The molecule has 0 bridgehead atoms. The summed E-state index contributed by atoms with van der Waals surface area (Å²) < 4.78 is 5.19. The molecule has 0 spiro atoms. The van der Waals surface area contributed by atoms with Crippen LogP contribution in [-0.2, 0) is 4.74 Å². The lowest BCUT2D eigenvalue weighted by Gasteiger charge is -2.29. The van der Waals surface area contributed by atoms with E-state index in [2.05, 4.69) is 51.4 Å². The number of carbonyl (C=O) groups is 1. The van der Waals surface area contributed by atoms with E-state index in [-0.39, 0.29) is 12.1 Å². The molecule has 2 aliphatic heterocycles. The fraction of sp³-hybridized carbons (Fsp3) is 0.500. The summed E-state index contributed by atoms with van der Waals surface area (Å²) in [6.45, 7) is 8.63. The average Bonchev–Trinajstić information content (AvgIpc) is 3.01. The average molecular weight is 396 g/mol. The summed E-state index contributed by atoms with van der Waals surface area (Å²) in [5.74, 6) is 1.04. The molecule has 154 valence electrons. The maximum Gasteiger partial charge on any atom is 0.416 e.